The molecule has 0 radical (unpaired) electrons. The summed E-state index contributed by atoms with van der Waals surface area (Å²) in [6.45, 7) is 3.94. The summed E-state index contributed by atoms with van der Waals surface area (Å²) in [5.74, 6) is -0.316. The molecule has 19 heavy (non-hydrogen) atoms. The van der Waals surface area contributed by atoms with Crippen LogP contribution in [0.3, 0.4) is 0 Å². The van der Waals surface area contributed by atoms with Gasteiger partial charge in [-0.25, -0.2) is 4.39 Å². The highest BCUT2D eigenvalue weighted by molar-refractivity contribution is 5.91. The molecular weight excluding hydrogens is 245 g/mol. The summed E-state index contributed by atoms with van der Waals surface area (Å²) in [6.07, 6.45) is 3.41. The second-order valence-corrected chi connectivity index (χ2v) is 4.87. The molecule has 0 saturated carbocycles. The fraction of sp³-hybridized carbons (Fsp3) is 0.400. The van der Waals surface area contributed by atoms with E-state index in [4.69, 9.17) is 5.11 Å². The molecule has 0 aliphatic heterocycles. The quantitative estimate of drug-likeness (QED) is 0.776. The second-order valence-electron chi connectivity index (χ2n) is 4.87. The summed E-state index contributed by atoms with van der Waals surface area (Å²) >= 11 is 0. The van der Waals surface area contributed by atoms with Crippen LogP contribution >= 0.6 is 0 Å². The SMILES string of the molecule is CC(C)CC(CO)NC(=O)C=Cc1ccccc1F. The first-order valence-electron chi connectivity index (χ1n) is 6.37. The van der Waals surface area contributed by atoms with Crippen molar-refractivity contribution in [1.82, 2.24) is 5.32 Å². The van der Waals surface area contributed by atoms with E-state index in [1.54, 1.807) is 18.2 Å². The average molecular weight is 265 g/mol. The lowest BCUT2D eigenvalue weighted by Crippen LogP contribution is -2.37. The smallest absolute Gasteiger partial charge is 0.244 e. The topological polar surface area (TPSA) is 49.3 Å². The Labute approximate surface area is 113 Å². The van der Waals surface area contributed by atoms with E-state index in [0.717, 1.165) is 0 Å². The fourth-order valence-electron chi connectivity index (χ4n) is 1.77. The molecule has 0 spiro atoms. The molecule has 1 unspecified atom stereocenters. The van der Waals surface area contributed by atoms with Crippen LogP contribution in [-0.4, -0.2) is 23.7 Å². The molecule has 0 aliphatic carbocycles. The average Bonchev–Trinajstić information content (AvgIpc) is 2.36. The normalized spacial score (nSPS) is 12.9. The molecule has 0 aliphatic rings. The number of carbonyl (C=O) groups excluding carboxylic acids is 1. The van der Waals surface area contributed by atoms with Crippen LogP contribution in [0.15, 0.2) is 30.3 Å². The van der Waals surface area contributed by atoms with E-state index in [0.29, 0.717) is 17.9 Å². The molecule has 0 fully saturated rings. The predicted octanol–water partition coefficient (Wildman–Crippen LogP) is 2.36. The number of carbonyl (C=O) groups is 1. The van der Waals surface area contributed by atoms with E-state index in [9.17, 15) is 9.18 Å². The van der Waals surface area contributed by atoms with E-state index in [-0.39, 0.29) is 24.4 Å². The number of hydrogen-bond acceptors (Lipinski definition) is 2. The van der Waals surface area contributed by atoms with Crippen molar-refractivity contribution in [1.29, 1.82) is 0 Å². The molecule has 0 bridgehead atoms. The summed E-state index contributed by atoms with van der Waals surface area (Å²) in [4.78, 5) is 11.6. The standard InChI is InChI=1S/C15H20FNO2/c1-11(2)9-13(10-18)17-15(19)8-7-12-5-3-4-6-14(12)16/h3-8,11,13,18H,9-10H2,1-2H3,(H,17,19). The van der Waals surface area contributed by atoms with Crippen LogP contribution in [0.5, 0.6) is 0 Å². The van der Waals surface area contributed by atoms with Gasteiger partial charge in [0.05, 0.1) is 12.6 Å². The highest BCUT2D eigenvalue weighted by atomic mass is 19.1. The van der Waals surface area contributed by atoms with Gasteiger partial charge in [-0.3, -0.25) is 4.79 Å². The molecule has 2 N–H and O–H groups in total. The number of aliphatic hydroxyl groups excluding tert-OH is 1. The van der Waals surface area contributed by atoms with Crippen molar-refractivity contribution in [3.8, 4) is 0 Å². The highest BCUT2D eigenvalue weighted by Gasteiger charge is 2.11. The Morgan fingerprint density at radius 2 is 2.11 bits per heavy atom. The van der Waals surface area contributed by atoms with Crippen LogP contribution in [0.25, 0.3) is 6.08 Å². The molecule has 1 aromatic rings. The minimum Gasteiger partial charge on any atom is -0.394 e. The second kappa shape index (κ2) is 7.69. The molecule has 0 aromatic heterocycles. The van der Waals surface area contributed by atoms with Crippen molar-refractivity contribution in [2.45, 2.75) is 26.3 Å². The summed E-state index contributed by atoms with van der Waals surface area (Å²) in [7, 11) is 0. The summed E-state index contributed by atoms with van der Waals surface area (Å²) in [5.41, 5.74) is 0.363. The maximum absolute atomic E-state index is 13.3. The minimum absolute atomic E-state index is 0.0997. The molecule has 1 amide bonds. The summed E-state index contributed by atoms with van der Waals surface area (Å²) in [5, 5.41) is 11.8. The molecule has 3 nitrogen and oxygen atoms in total. The Balaban J connectivity index is 2.57. The molecule has 1 aromatic carbocycles. The minimum atomic E-state index is -0.368. The Hall–Kier alpha value is -1.68. The van der Waals surface area contributed by atoms with E-state index >= 15 is 0 Å². The molecule has 4 heteroatoms. The van der Waals surface area contributed by atoms with Gasteiger partial charge in [-0.1, -0.05) is 32.0 Å². The van der Waals surface area contributed by atoms with Crippen molar-refractivity contribution < 1.29 is 14.3 Å². The van der Waals surface area contributed by atoms with Crippen molar-refractivity contribution in [3.05, 3.63) is 41.7 Å². The van der Waals surface area contributed by atoms with E-state index in [2.05, 4.69) is 5.32 Å². The van der Waals surface area contributed by atoms with E-state index in [1.807, 2.05) is 13.8 Å². The molecule has 0 heterocycles. The lowest BCUT2D eigenvalue weighted by atomic mass is 10.0. The van der Waals surface area contributed by atoms with E-state index < -0.39 is 0 Å². The van der Waals surface area contributed by atoms with Crippen LogP contribution in [-0.2, 0) is 4.79 Å². The Morgan fingerprint density at radius 3 is 2.68 bits per heavy atom. The van der Waals surface area contributed by atoms with Gasteiger partial charge in [-0.2, -0.15) is 0 Å². The lowest BCUT2D eigenvalue weighted by molar-refractivity contribution is -0.117. The van der Waals surface area contributed by atoms with Crippen LogP contribution < -0.4 is 5.32 Å². The van der Waals surface area contributed by atoms with Gasteiger partial charge in [0.2, 0.25) is 5.91 Å². The Bertz CT molecular complexity index is 444. The van der Waals surface area contributed by atoms with Crippen LogP contribution in [0.4, 0.5) is 4.39 Å². The summed E-state index contributed by atoms with van der Waals surface area (Å²) in [6, 6.07) is 5.97. The first kappa shape index (κ1) is 15.4. The van der Waals surface area contributed by atoms with Gasteiger partial charge in [-0.15, -0.1) is 0 Å². The van der Waals surface area contributed by atoms with Crippen molar-refractivity contribution in [3.63, 3.8) is 0 Å². The highest BCUT2D eigenvalue weighted by Crippen LogP contribution is 2.08. The number of hydrogen-bond donors (Lipinski definition) is 2. The Morgan fingerprint density at radius 1 is 1.42 bits per heavy atom. The van der Waals surface area contributed by atoms with Gasteiger partial charge in [0, 0.05) is 11.6 Å². The predicted molar refractivity (Wildman–Crippen MR) is 73.9 cm³/mol. The van der Waals surface area contributed by atoms with Gasteiger partial charge in [-0.05, 0) is 24.5 Å². The maximum Gasteiger partial charge on any atom is 0.244 e. The van der Waals surface area contributed by atoms with Gasteiger partial charge in [0.15, 0.2) is 0 Å². The first-order chi connectivity index (χ1) is 9.02. The molecular formula is C15H20FNO2. The molecule has 0 saturated heterocycles. The van der Waals surface area contributed by atoms with Crippen molar-refractivity contribution in [2.75, 3.05) is 6.61 Å². The number of nitrogens with one attached hydrogen (secondary N) is 1. The van der Waals surface area contributed by atoms with Crippen LogP contribution in [0.2, 0.25) is 0 Å². The van der Waals surface area contributed by atoms with Gasteiger partial charge >= 0.3 is 0 Å². The zero-order chi connectivity index (χ0) is 14.3. The van der Waals surface area contributed by atoms with Crippen molar-refractivity contribution >= 4 is 12.0 Å². The third-order valence-corrected chi connectivity index (χ3v) is 2.64. The first-order valence-corrected chi connectivity index (χ1v) is 6.37. The van der Waals surface area contributed by atoms with Gasteiger partial charge in [0.25, 0.3) is 0 Å². The van der Waals surface area contributed by atoms with Crippen LogP contribution in [0.1, 0.15) is 25.8 Å². The number of halogens is 1. The maximum atomic E-state index is 13.3. The number of benzene rings is 1. The Kier molecular flexibility index (Phi) is 6.22. The summed E-state index contributed by atoms with van der Waals surface area (Å²) < 4.78 is 13.3. The molecule has 104 valence electrons. The van der Waals surface area contributed by atoms with Crippen LogP contribution in [0, 0.1) is 11.7 Å². The zero-order valence-corrected chi connectivity index (χ0v) is 11.3. The van der Waals surface area contributed by atoms with Gasteiger partial charge < -0.3 is 10.4 Å². The largest absolute Gasteiger partial charge is 0.394 e. The monoisotopic (exact) mass is 265 g/mol. The number of amides is 1. The fourth-order valence-corrected chi connectivity index (χ4v) is 1.77. The molecule has 1 atom stereocenters. The number of aliphatic hydroxyl groups is 1. The third-order valence-electron chi connectivity index (χ3n) is 2.64. The van der Waals surface area contributed by atoms with Crippen molar-refractivity contribution in [2.24, 2.45) is 5.92 Å². The third kappa shape index (κ3) is 5.66. The number of rotatable bonds is 6. The van der Waals surface area contributed by atoms with Gasteiger partial charge in [0.1, 0.15) is 5.82 Å². The molecule has 1 rings (SSSR count). The van der Waals surface area contributed by atoms with E-state index in [1.165, 1.54) is 18.2 Å². The lowest BCUT2D eigenvalue weighted by Gasteiger charge is -2.17. The zero-order valence-electron chi connectivity index (χ0n) is 11.3.